The molecule has 35 heavy (non-hydrogen) atoms. The molecule has 1 aromatic carbocycles. The van der Waals surface area contributed by atoms with Gasteiger partial charge in [0.05, 0.1) is 13.2 Å². The lowest BCUT2D eigenvalue weighted by Gasteiger charge is -2.18. The maximum Gasteiger partial charge on any atom is 0.513 e. The van der Waals surface area contributed by atoms with Gasteiger partial charge in [0.25, 0.3) is 5.56 Å². The molecule has 3 unspecified atom stereocenters. The predicted octanol–water partition coefficient (Wildman–Crippen LogP) is 1.36. The van der Waals surface area contributed by atoms with Crippen LogP contribution in [0.3, 0.4) is 0 Å². The molecule has 13 nitrogen and oxygen atoms in total. The molecular weight excluding hydrogens is 504 g/mol. The molecular formula is C20H24N3O10P2+. The predicted molar refractivity (Wildman–Crippen MR) is 123 cm³/mol. The molecule has 0 saturated carbocycles. The Kier molecular flexibility index (Phi) is 7.21. The van der Waals surface area contributed by atoms with Gasteiger partial charge < -0.3 is 24.0 Å². The Bertz CT molecular complexity index is 1430. The zero-order valence-corrected chi connectivity index (χ0v) is 20.8. The molecule has 1 saturated heterocycles. The summed E-state index contributed by atoms with van der Waals surface area (Å²) < 4.78 is 46.0. The van der Waals surface area contributed by atoms with Crippen LogP contribution in [0, 0.1) is 6.92 Å². The van der Waals surface area contributed by atoms with Crippen molar-refractivity contribution in [3.05, 3.63) is 62.6 Å². The normalized spacial score (nSPS) is 24.5. The summed E-state index contributed by atoms with van der Waals surface area (Å²) in [5, 5.41) is 25.6. The van der Waals surface area contributed by atoms with E-state index in [9.17, 15) is 28.9 Å². The topological polar surface area (TPSA) is 172 Å². The van der Waals surface area contributed by atoms with E-state index in [0.717, 1.165) is 33.6 Å². The highest BCUT2D eigenvalue weighted by Crippen LogP contribution is 2.51. The van der Waals surface area contributed by atoms with Crippen LogP contribution in [-0.2, 0) is 29.2 Å². The second-order valence-electron chi connectivity index (χ2n) is 8.14. The van der Waals surface area contributed by atoms with Crippen LogP contribution in [0.1, 0.15) is 17.5 Å². The Morgan fingerprint density at radius 2 is 1.97 bits per heavy atom. The molecule has 0 radical (unpaired) electrons. The molecule has 3 aromatic rings. The zero-order valence-electron chi connectivity index (χ0n) is 19.0. The van der Waals surface area contributed by atoms with E-state index in [-0.39, 0.29) is 6.54 Å². The van der Waals surface area contributed by atoms with E-state index in [1.807, 2.05) is 13.0 Å². The third-order valence-electron chi connectivity index (χ3n) is 5.53. The van der Waals surface area contributed by atoms with Crippen molar-refractivity contribution >= 4 is 26.6 Å². The van der Waals surface area contributed by atoms with Gasteiger partial charge in [-0.3, -0.25) is 18.5 Å². The maximum atomic E-state index is 13.2. The number of aryl methyl sites for hydroxylation is 1. The summed E-state index contributed by atoms with van der Waals surface area (Å²) in [5.74, 6) is 0. The zero-order chi connectivity index (χ0) is 25.5. The minimum absolute atomic E-state index is 0.195. The Balaban J connectivity index is 1.59. The van der Waals surface area contributed by atoms with Crippen molar-refractivity contribution in [3.63, 3.8) is 0 Å². The highest BCUT2D eigenvalue weighted by Gasteiger charge is 2.45. The first-order chi connectivity index (χ1) is 16.5. The molecule has 0 bridgehead atoms. The molecule has 188 valence electrons. The van der Waals surface area contributed by atoms with Gasteiger partial charge in [-0.05, 0) is 23.1 Å². The quantitative estimate of drug-likeness (QED) is 0.404. The van der Waals surface area contributed by atoms with Crippen LogP contribution >= 0.6 is 15.6 Å². The van der Waals surface area contributed by atoms with Crippen molar-refractivity contribution in [2.75, 3.05) is 19.9 Å². The smallest absolute Gasteiger partial charge is 0.387 e. The van der Waals surface area contributed by atoms with Crippen molar-refractivity contribution in [1.29, 1.82) is 0 Å². The van der Waals surface area contributed by atoms with Gasteiger partial charge in [0.1, 0.15) is 24.0 Å². The highest BCUT2D eigenvalue weighted by atomic mass is 31.2. The Morgan fingerprint density at radius 1 is 1.23 bits per heavy atom. The largest absolute Gasteiger partial charge is 0.513 e. The molecule has 15 heteroatoms. The number of nitrogens with zero attached hydrogens (tertiary/aromatic N) is 3. The van der Waals surface area contributed by atoms with Crippen molar-refractivity contribution in [2.45, 2.75) is 38.0 Å². The lowest BCUT2D eigenvalue weighted by atomic mass is 10.1. The fraction of sp³-hybridized carbons (Fsp3) is 0.450. The van der Waals surface area contributed by atoms with Crippen molar-refractivity contribution < 1.29 is 37.4 Å². The minimum atomic E-state index is -3.71. The number of aromatic nitrogens is 3. The van der Waals surface area contributed by atoms with Crippen LogP contribution in [0.25, 0.3) is 11.0 Å². The Hall–Kier alpha value is -2.50. The number of ether oxygens (including phenoxy) is 1. The van der Waals surface area contributed by atoms with Crippen molar-refractivity contribution in [3.8, 4) is 0 Å². The van der Waals surface area contributed by atoms with Gasteiger partial charge in [-0.1, -0.05) is 21.6 Å². The highest BCUT2D eigenvalue weighted by molar-refractivity contribution is 7.61. The van der Waals surface area contributed by atoms with E-state index in [0.29, 0.717) is 16.7 Å². The van der Waals surface area contributed by atoms with Crippen molar-refractivity contribution in [2.24, 2.45) is 0 Å². The molecule has 1 aliphatic rings. The van der Waals surface area contributed by atoms with E-state index in [2.05, 4.69) is 5.16 Å². The molecule has 0 spiro atoms. The monoisotopic (exact) mass is 528 g/mol. The summed E-state index contributed by atoms with van der Waals surface area (Å²) in [6.07, 6.45) is -4.48. The fourth-order valence-electron chi connectivity index (χ4n) is 3.90. The lowest BCUT2D eigenvalue weighted by Crippen LogP contribution is -2.43. The molecule has 1 fully saturated rings. The van der Waals surface area contributed by atoms with Gasteiger partial charge in [0.2, 0.25) is 0 Å². The van der Waals surface area contributed by atoms with E-state index in [1.165, 1.54) is 6.66 Å². The molecule has 3 heterocycles. The molecule has 2 N–H and O–H groups in total. The van der Waals surface area contributed by atoms with Crippen LogP contribution in [0.2, 0.25) is 0 Å². The first-order valence-corrected chi connectivity index (χ1v) is 14.1. The summed E-state index contributed by atoms with van der Waals surface area (Å²) in [5.41, 5.74) is 0.319. The van der Waals surface area contributed by atoms with E-state index in [1.54, 1.807) is 12.1 Å². The summed E-state index contributed by atoms with van der Waals surface area (Å²) >= 11 is 0. The van der Waals surface area contributed by atoms with E-state index >= 15 is 0 Å². The Labute approximate surface area is 199 Å². The molecule has 6 atom stereocenters. The fourth-order valence-corrected chi connectivity index (χ4v) is 6.18. The second kappa shape index (κ2) is 9.87. The summed E-state index contributed by atoms with van der Waals surface area (Å²) in [6, 6.07) is 6.48. The average molecular weight is 528 g/mol. The van der Waals surface area contributed by atoms with Gasteiger partial charge in [-0.15, -0.1) is 0 Å². The summed E-state index contributed by atoms with van der Waals surface area (Å²) in [4.78, 5) is 25.7. The Morgan fingerprint density at radius 3 is 2.69 bits per heavy atom. The van der Waals surface area contributed by atoms with Crippen LogP contribution in [0.4, 0.5) is 0 Å². The standard InChI is InChI=1S/C20H24N3O10P2/c1-11-5-4-6-13-16(11)12(21-32-13)9-23-15(24)7-8-22(20(23)27)19-18(26)17(25)14(31-19)10-30-35(3,29)33-34(2)28/h4-8,14,17-19,25-26H,9-10H2,1-3H3/q+1/t14-,17+,18?,19-,35?/m1/s1. The second-order valence-corrected chi connectivity index (χ2v) is 11.5. The molecule has 4 rings (SSSR count). The summed E-state index contributed by atoms with van der Waals surface area (Å²) in [7, 11) is -5.91. The summed E-state index contributed by atoms with van der Waals surface area (Å²) in [6.45, 7) is 3.50. The average Bonchev–Trinajstić information content (AvgIpc) is 3.31. The molecule has 0 aliphatic carbocycles. The van der Waals surface area contributed by atoms with Crippen molar-refractivity contribution in [1.82, 2.24) is 14.3 Å². The number of hydrogen-bond donors (Lipinski definition) is 2. The van der Waals surface area contributed by atoms with Crippen LogP contribution < -0.4 is 11.2 Å². The number of rotatable bonds is 8. The van der Waals surface area contributed by atoms with Gasteiger partial charge in [-0.2, -0.15) is 0 Å². The number of aliphatic hydroxyl groups is 2. The number of hydrogen-bond acceptors (Lipinski definition) is 11. The van der Waals surface area contributed by atoms with Crippen LogP contribution in [-0.4, -0.2) is 62.8 Å². The number of benzene rings is 1. The van der Waals surface area contributed by atoms with Gasteiger partial charge >= 0.3 is 21.3 Å². The maximum absolute atomic E-state index is 13.2. The third-order valence-corrected chi connectivity index (χ3v) is 8.25. The van der Waals surface area contributed by atoms with Gasteiger partial charge in [0, 0.05) is 24.3 Å². The lowest BCUT2D eigenvalue weighted by molar-refractivity contribution is -0.0527. The van der Waals surface area contributed by atoms with Gasteiger partial charge in [-0.25, -0.2) is 4.79 Å². The molecule has 0 amide bonds. The molecule has 1 aliphatic heterocycles. The van der Waals surface area contributed by atoms with Crippen LogP contribution in [0.15, 0.2) is 44.6 Å². The number of aliphatic hydroxyl groups excluding tert-OH is 2. The minimum Gasteiger partial charge on any atom is -0.387 e. The third kappa shape index (κ3) is 5.22. The molecule has 2 aromatic heterocycles. The SMILES string of the molecule is Cc1cccc2onc(Cn3c(=O)ccn([C@@H]4O[C@H](COP(C)(=O)O[P+](C)=O)[C@H](O)C4O)c3=O)c12. The van der Waals surface area contributed by atoms with E-state index < -0.39 is 58.0 Å². The first kappa shape index (κ1) is 25.6. The number of fused-ring (bicyclic) bond motifs is 1. The van der Waals surface area contributed by atoms with Gasteiger partial charge in [0.15, 0.2) is 18.5 Å². The first-order valence-electron chi connectivity index (χ1n) is 10.5. The van der Waals surface area contributed by atoms with Crippen LogP contribution in [0.5, 0.6) is 0 Å². The van der Waals surface area contributed by atoms with E-state index in [4.69, 9.17) is 18.1 Å².